The molecule has 9 heteroatoms. The first kappa shape index (κ1) is 20.5. The lowest BCUT2D eigenvalue weighted by Crippen LogP contribution is -2.15. The van der Waals surface area contributed by atoms with Gasteiger partial charge in [0.15, 0.2) is 11.4 Å². The van der Waals surface area contributed by atoms with Gasteiger partial charge in [0.1, 0.15) is 11.5 Å². The number of anilines is 2. The fraction of sp³-hybridized carbons (Fsp3) is 0.167. The molecule has 0 atom stereocenters. The number of nitrogens with zero attached hydrogens (tertiary/aromatic N) is 4. The van der Waals surface area contributed by atoms with Crippen LogP contribution in [0.1, 0.15) is 35.9 Å². The molecular formula is C24H23N7O2. The number of carbonyl (C=O) groups is 1. The van der Waals surface area contributed by atoms with Crippen molar-refractivity contribution in [2.24, 2.45) is 0 Å². The maximum Gasteiger partial charge on any atom is 0.274 e. The van der Waals surface area contributed by atoms with Gasteiger partial charge in [0.25, 0.3) is 5.91 Å². The minimum atomic E-state index is -0.291. The highest BCUT2D eigenvalue weighted by atomic mass is 16.5. The van der Waals surface area contributed by atoms with Gasteiger partial charge in [-0.1, -0.05) is 37.2 Å². The first-order valence-electron chi connectivity index (χ1n) is 10.8. The molecule has 0 aliphatic rings. The Morgan fingerprint density at radius 3 is 2.85 bits per heavy atom. The normalized spacial score (nSPS) is 11.2. The third-order valence-corrected chi connectivity index (χ3v) is 5.64. The Morgan fingerprint density at radius 1 is 1.18 bits per heavy atom. The number of benzene rings is 2. The highest BCUT2D eigenvalue weighted by Crippen LogP contribution is 2.32. The molecule has 0 aliphatic carbocycles. The molecule has 0 saturated heterocycles. The summed E-state index contributed by atoms with van der Waals surface area (Å²) in [5.41, 5.74) is 10.7. The number of hydrogen-bond donors (Lipinski definition) is 3. The van der Waals surface area contributed by atoms with Gasteiger partial charge in [-0.05, 0) is 36.2 Å². The van der Waals surface area contributed by atoms with Crippen molar-refractivity contribution in [3.63, 3.8) is 0 Å². The van der Waals surface area contributed by atoms with Crippen LogP contribution in [0.4, 0.5) is 11.5 Å². The lowest BCUT2D eigenvalue weighted by molar-refractivity contribution is 0.102. The Kier molecular flexibility index (Phi) is 5.14. The van der Waals surface area contributed by atoms with Crippen LogP contribution in [0.25, 0.3) is 27.8 Å². The Balaban J connectivity index is 1.55. The number of nitrogen functional groups attached to an aromatic ring is 1. The average molecular weight is 441 g/mol. The summed E-state index contributed by atoms with van der Waals surface area (Å²) in [7, 11) is 0. The smallest absolute Gasteiger partial charge is 0.274 e. The first-order valence-corrected chi connectivity index (χ1v) is 10.8. The Labute approximate surface area is 189 Å². The van der Waals surface area contributed by atoms with E-state index in [4.69, 9.17) is 10.3 Å². The number of fused-ring (bicyclic) bond motifs is 1. The summed E-state index contributed by atoms with van der Waals surface area (Å²) in [5.74, 6) is 0.924. The number of imidazole rings is 1. The number of nitrogens with one attached hydrogen (secondary N) is 2. The predicted octanol–water partition coefficient (Wildman–Crippen LogP) is 4.36. The topological polar surface area (TPSA) is 128 Å². The molecule has 0 aliphatic heterocycles. The van der Waals surface area contributed by atoms with Crippen LogP contribution in [-0.2, 0) is 12.8 Å². The van der Waals surface area contributed by atoms with E-state index in [0.29, 0.717) is 34.6 Å². The number of nitrogens with two attached hydrogens (primary N) is 1. The van der Waals surface area contributed by atoms with E-state index in [9.17, 15) is 4.79 Å². The van der Waals surface area contributed by atoms with E-state index < -0.39 is 0 Å². The zero-order chi connectivity index (χ0) is 22.9. The van der Waals surface area contributed by atoms with Gasteiger partial charge in [-0.15, -0.1) is 0 Å². The van der Waals surface area contributed by atoms with Crippen molar-refractivity contribution in [2.75, 3.05) is 11.1 Å². The fourth-order valence-electron chi connectivity index (χ4n) is 4.01. The second-order valence-corrected chi connectivity index (χ2v) is 7.59. The summed E-state index contributed by atoms with van der Waals surface area (Å²) in [5, 5.41) is 14.9. The number of carbonyl (C=O) groups excluding carboxylic acids is 1. The molecule has 3 aromatic heterocycles. The molecule has 9 nitrogen and oxygen atoms in total. The van der Waals surface area contributed by atoms with Gasteiger partial charge < -0.3 is 20.1 Å². The second-order valence-electron chi connectivity index (χ2n) is 7.59. The SMILES string of the molecule is CCc1n[nH]c(C(=O)Nc2ccccc2-n2ccnc2CC)c1-c1ccc2onc(N)c2c1. The van der Waals surface area contributed by atoms with Crippen LogP contribution in [0.3, 0.4) is 0 Å². The Morgan fingerprint density at radius 2 is 2.03 bits per heavy atom. The van der Waals surface area contributed by atoms with Crippen molar-refractivity contribution >= 4 is 28.4 Å². The maximum absolute atomic E-state index is 13.4. The van der Waals surface area contributed by atoms with Crippen LogP contribution in [0.2, 0.25) is 0 Å². The van der Waals surface area contributed by atoms with Gasteiger partial charge >= 0.3 is 0 Å². The summed E-state index contributed by atoms with van der Waals surface area (Å²) >= 11 is 0. The second kappa shape index (κ2) is 8.27. The van der Waals surface area contributed by atoms with Crippen LogP contribution in [0, 0.1) is 0 Å². The number of rotatable bonds is 6. The van der Waals surface area contributed by atoms with Crippen LogP contribution in [0.5, 0.6) is 0 Å². The van der Waals surface area contributed by atoms with Gasteiger partial charge in [-0.3, -0.25) is 9.89 Å². The molecule has 0 bridgehead atoms. The standard InChI is InChI=1S/C24H23N7O2/c1-3-16-21(14-9-10-19-15(13-14)23(25)30-33-19)22(29-28-16)24(32)27-17-7-5-6-8-18(17)31-12-11-26-20(31)4-2/h5-13H,3-4H2,1-2H3,(H2,25,30)(H,27,32)(H,28,29). The molecule has 3 heterocycles. The predicted molar refractivity (Wildman–Crippen MR) is 126 cm³/mol. The number of para-hydroxylation sites is 2. The molecule has 0 fully saturated rings. The van der Waals surface area contributed by atoms with Crippen molar-refractivity contribution in [3.8, 4) is 16.8 Å². The third kappa shape index (κ3) is 3.53. The van der Waals surface area contributed by atoms with Crippen LogP contribution < -0.4 is 11.1 Å². The molecule has 5 rings (SSSR count). The summed E-state index contributed by atoms with van der Waals surface area (Å²) in [4.78, 5) is 17.8. The van der Waals surface area contributed by atoms with E-state index in [1.54, 1.807) is 12.3 Å². The number of hydrogen-bond acceptors (Lipinski definition) is 6. The zero-order valence-corrected chi connectivity index (χ0v) is 18.3. The van der Waals surface area contributed by atoms with Gasteiger partial charge in [0.2, 0.25) is 0 Å². The highest BCUT2D eigenvalue weighted by Gasteiger charge is 2.22. The van der Waals surface area contributed by atoms with Crippen molar-refractivity contribution < 1.29 is 9.32 Å². The van der Waals surface area contributed by atoms with E-state index in [1.807, 2.05) is 61.0 Å². The van der Waals surface area contributed by atoms with Gasteiger partial charge in [-0.25, -0.2) is 4.98 Å². The summed E-state index contributed by atoms with van der Waals surface area (Å²) < 4.78 is 7.19. The monoisotopic (exact) mass is 441 g/mol. The van der Waals surface area contributed by atoms with Gasteiger partial charge in [0, 0.05) is 24.4 Å². The van der Waals surface area contributed by atoms with E-state index in [-0.39, 0.29) is 5.91 Å². The molecular weight excluding hydrogens is 418 g/mol. The Hall–Kier alpha value is -4.40. The number of aromatic amines is 1. The minimum Gasteiger partial charge on any atom is -0.380 e. The molecule has 0 saturated carbocycles. The van der Waals surface area contributed by atoms with Gasteiger partial charge in [0.05, 0.1) is 22.5 Å². The molecule has 0 spiro atoms. The van der Waals surface area contributed by atoms with Crippen molar-refractivity contribution in [1.82, 2.24) is 24.9 Å². The van der Waals surface area contributed by atoms with Crippen LogP contribution in [-0.4, -0.2) is 30.8 Å². The summed E-state index contributed by atoms with van der Waals surface area (Å²) in [6, 6.07) is 13.2. The zero-order valence-electron chi connectivity index (χ0n) is 18.3. The molecule has 1 amide bonds. The van der Waals surface area contributed by atoms with E-state index in [2.05, 4.69) is 25.7 Å². The summed E-state index contributed by atoms with van der Waals surface area (Å²) in [6.07, 6.45) is 5.07. The summed E-state index contributed by atoms with van der Waals surface area (Å²) in [6.45, 7) is 4.04. The number of H-pyrrole nitrogens is 1. The van der Waals surface area contributed by atoms with Crippen molar-refractivity contribution in [1.29, 1.82) is 0 Å². The maximum atomic E-state index is 13.4. The van der Waals surface area contributed by atoms with Crippen LogP contribution >= 0.6 is 0 Å². The Bertz CT molecular complexity index is 1460. The molecule has 2 aromatic carbocycles. The molecule has 4 N–H and O–H groups in total. The molecule has 5 aromatic rings. The number of aryl methyl sites for hydroxylation is 2. The number of amides is 1. The molecule has 33 heavy (non-hydrogen) atoms. The van der Waals surface area contributed by atoms with E-state index >= 15 is 0 Å². The van der Waals surface area contributed by atoms with E-state index in [1.165, 1.54) is 0 Å². The molecule has 166 valence electrons. The average Bonchev–Trinajstić information content (AvgIpc) is 3.57. The number of aromatic nitrogens is 5. The largest absolute Gasteiger partial charge is 0.380 e. The third-order valence-electron chi connectivity index (χ3n) is 5.64. The minimum absolute atomic E-state index is 0.291. The first-order chi connectivity index (χ1) is 16.1. The van der Waals surface area contributed by atoms with Crippen molar-refractivity contribution in [3.05, 3.63) is 72.1 Å². The lowest BCUT2D eigenvalue weighted by Gasteiger charge is -2.14. The van der Waals surface area contributed by atoms with E-state index in [0.717, 1.165) is 34.8 Å². The lowest BCUT2D eigenvalue weighted by atomic mass is 10.00. The quantitative estimate of drug-likeness (QED) is 0.359. The highest BCUT2D eigenvalue weighted by molar-refractivity contribution is 6.09. The van der Waals surface area contributed by atoms with Gasteiger partial charge in [-0.2, -0.15) is 5.10 Å². The fourth-order valence-corrected chi connectivity index (χ4v) is 4.01. The molecule has 0 unspecified atom stereocenters. The van der Waals surface area contributed by atoms with Crippen molar-refractivity contribution in [2.45, 2.75) is 26.7 Å². The van der Waals surface area contributed by atoms with Crippen LogP contribution in [0.15, 0.2) is 59.4 Å². The molecule has 0 radical (unpaired) electrons.